The van der Waals surface area contributed by atoms with Gasteiger partial charge in [0.2, 0.25) is 6.79 Å². The van der Waals surface area contributed by atoms with E-state index in [1.807, 2.05) is 6.07 Å². The third-order valence-electron chi connectivity index (χ3n) is 3.31. The number of rotatable bonds is 3. The highest BCUT2D eigenvalue weighted by atomic mass is 16.7. The summed E-state index contributed by atoms with van der Waals surface area (Å²) in [7, 11) is 0. The molecule has 18 heavy (non-hydrogen) atoms. The van der Waals surface area contributed by atoms with Crippen LogP contribution in [-0.2, 0) is 6.54 Å². The quantitative estimate of drug-likeness (QED) is 0.822. The molecule has 2 heterocycles. The molecule has 1 aromatic carbocycles. The van der Waals surface area contributed by atoms with E-state index in [4.69, 9.17) is 9.47 Å². The van der Waals surface area contributed by atoms with Gasteiger partial charge in [0.15, 0.2) is 11.5 Å². The van der Waals surface area contributed by atoms with Crippen LogP contribution in [0.1, 0.15) is 19.0 Å². The summed E-state index contributed by atoms with van der Waals surface area (Å²) in [6, 6.07) is 10.5. The molecule has 0 radical (unpaired) electrons. The Hall–Kier alpha value is -1.90. The summed E-state index contributed by atoms with van der Waals surface area (Å²) in [6.45, 7) is 5.71. The minimum absolute atomic E-state index is 0.327. The van der Waals surface area contributed by atoms with E-state index >= 15 is 0 Å². The monoisotopic (exact) mass is 243 g/mol. The van der Waals surface area contributed by atoms with Crippen LogP contribution in [0.4, 0.5) is 0 Å². The molecule has 0 N–H and O–H groups in total. The van der Waals surface area contributed by atoms with Gasteiger partial charge in [-0.2, -0.15) is 0 Å². The summed E-state index contributed by atoms with van der Waals surface area (Å²) in [5.74, 6) is 1.68. The Balaban J connectivity index is 2.04. The topological polar surface area (TPSA) is 23.4 Å². The van der Waals surface area contributed by atoms with Crippen LogP contribution in [0.15, 0.2) is 30.3 Å². The average molecular weight is 243 g/mol. The van der Waals surface area contributed by atoms with Gasteiger partial charge in [0.25, 0.3) is 0 Å². The van der Waals surface area contributed by atoms with Crippen LogP contribution in [-0.4, -0.2) is 11.4 Å². The van der Waals surface area contributed by atoms with Crippen molar-refractivity contribution in [2.45, 2.75) is 26.8 Å². The second kappa shape index (κ2) is 4.41. The second-order valence-electron chi connectivity index (χ2n) is 4.58. The molecule has 0 aliphatic carbocycles. The number of benzene rings is 1. The number of ether oxygens (including phenoxy) is 2. The van der Waals surface area contributed by atoms with Crippen molar-refractivity contribution >= 4 is 0 Å². The molecule has 3 nitrogen and oxygen atoms in total. The Kier molecular flexibility index (Phi) is 2.74. The van der Waals surface area contributed by atoms with Crippen LogP contribution < -0.4 is 9.47 Å². The predicted octanol–water partition coefficient (Wildman–Crippen LogP) is 3.60. The lowest BCUT2D eigenvalue weighted by molar-refractivity contribution is 0.174. The van der Waals surface area contributed by atoms with Crippen molar-refractivity contribution in [2.24, 2.45) is 0 Å². The van der Waals surface area contributed by atoms with Gasteiger partial charge in [-0.3, -0.25) is 0 Å². The maximum absolute atomic E-state index is 5.44. The van der Waals surface area contributed by atoms with Crippen LogP contribution in [0.5, 0.6) is 11.5 Å². The zero-order valence-corrected chi connectivity index (χ0v) is 10.8. The Labute approximate surface area is 107 Å². The van der Waals surface area contributed by atoms with Crippen LogP contribution >= 0.6 is 0 Å². The number of nitrogens with zero attached hydrogens (tertiary/aromatic N) is 1. The molecule has 1 aliphatic rings. The van der Waals surface area contributed by atoms with Gasteiger partial charge in [0.1, 0.15) is 0 Å². The first-order chi connectivity index (χ1) is 8.79. The highest BCUT2D eigenvalue weighted by molar-refractivity contribution is 5.65. The zero-order valence-electron chi connectivity index (χ0n) is 10.8. The fraction of sp³-hybridized carbons (Fsp3) is 0.333. The predicted molar refractivity (Wildman–Crippen MR) is 71.0 cm³/mol. The van der Waals surface area contributed by atoms with Crippen LogP contribution in [0.25, 0.3) is 11.3 Å². The minimum atomic E-state index is 0.327. The van der Waals surface area contributed by atoms with Crippen molar-refractivity contribution in [3.63, 3.8) is 0 Å². The van der Waals surface area contributed by atoms with Gasteiger partial charge < -0.3 is 14.0 Å². The summed E-state index contributed by atoms with van der Waals surface area (Å²) in [5.41, 5.74) is 3.72. The van der Waals surface area contributed by atoms with Gasteiger partial charge >= 0.3 is 0 Å². The fourth-order valence-electron chi connectivity index (χ4n) is 2.40. The highest BCUT2D eigenvalue weighted by Gasteiger charge is 2.15. The van der Waals surface area contributed by atoms with E-state index < -0.39 is 0 Å². The smallest absolute Gasteiger partial charge is 0.231 e. The SMILES string of the molecule is CCCn1c(C)ccc1-c1ccc2c(c1)OCO2. The Bertz CT molecular complexity index is 572. The molecule has 0 saturated heterocycles. The normalized spacial score (nSPS) is 13.0. The largest absolute Gasteiger partial charge is 0.454 e. The van der Waals surface area contributed by atoms with E-state index in [0.717, 1.165) is 24.5 Å². The van der Waals surface area contributed by atoms with Crippen LogP contribution in [0.2, 0.25) is 0 Å². The third kappa shape index (κ3) is 1.76. The number of fused-ring (bicyclic) bond motifs is 1. The molecule has 1 aliphatic heterocycles. The molecule has 0 bridgehead atoms. The number of hydrogen-bond acceptors (Lipinski definition) is 2. The van der Waals surface area contributed by atoms with E-state index in [1.54, 1.807) is 0 Å². The standard InChI is InChI=1S/C15H17NO2/c1-3-8-16-11(2)4-6-13(16)12-5-7-14-15(9-12)18-10-17-14/h4-7,9H,3,8,10H2,1-2H3. The first kappa shape index (κ1) is 11.2. The van der Waals surface area contributed by atoms with Crippen molar-refractivity contribution in [1.29, 1.82) is 0 Å². The molecule has 1 aromatic heterocycles. The maximum Gasteiger partial charge on any atom is 0.231 e. The van der Waals surface area contributed by atoms with Gasteiger partial charge in [0.05, 0.1) is 0 Å². The molecule has 94 valence electrons. The lowest BCUT2D eigenvalue weighted by atomic mass is 10.1. The lowest BCUT2D eigenvalue weighted by Crippen LogP contribution is -2.01. The number of hydrogen-bond donors (Lipinski definition) is 0. The van der Waals surface area contributed by atoms with E-state index in [-0.39, 0.29) is 0 Å². The van der Waals surface area contributed by atoms with E-state index in [1.165, 1.54) is 17.0 Å². The van der Waals surface area contributed by atoms with Crippen molar-refractivity contribution in [3.8, 4) is 22.8 Å². The number of aryl methyl sites for hydroxylation is 1. The van der Waals surface area contributed by atoms with Gasteiger partial charge in [-0.15, -0.1) is 0 Å². The van der Waals surface area contributed by atoms with Crippen molar-refractivity contribution in [2.75, 3.05) is 6.79 Å². The summed E-state index contributed by atoms with van der Waals surface area (Å²) in [5, 5.41) is 0. The van der Waals surface area contributed by atoms with Crippen molar-refractivity contribution < 1.29 is 9.47 Å². The van der Waals surface area contributed by atoms with Crippen LogP contribution in [0.3, 0.4) is 0 Å². The molecule has 0 fully saturated rings. The Morgan fingerprint density at radius 3 is 2.78 bits per heavy atom. The van der Waals surface area contributed by atoms with Gasteiger partial charge in [0, 0.05) is 23.5 Å². The molecule has 3 heteroatoms. The van der Waals surface area contributed by atoms with E-state index in [0.29, 0.717) is 6.79 Å². The third-order valence-corrected chi connectivity index (χ3v) is 3.31. The number of aromatic nitrogens is 1. The molecular formula is C15H17NO2. The summed E-state index contributed by atoms with van der Waals surface area (Å²) >= 11 is 0. The van der Waals surface area contributed by atoms with Crippen LogP contribution in [0, 0.1) is 6.92 Å². The molecule has 0 saturated carbocycles. The zero-order chi connectivity index (χ0) is 12.5. The van der Waals surface area contributed by atoms with E-state index in [2.05, 4.69) is 42.7 Å². The summed E-state index contributed by atoms with van der Waals surface area (Å²) < 4.78 is 13.1. The molecule has 0 spiro atoms. The Morgan fingerprint density at radius 1 is 1.11 bits per heavy atom. The van der Waals surface area contributed by atoms with Gasteiger partial charge in [-0.05, 0) is 43.7 Å². The van der Waals surface area contributed by atoms with E-state index in [9.17, 15) is 0 Å². The molecular weight excluding hydrogens is 226 g/mol. The molecule has 0 unspecified atom stereocenters. The second-order valence-corrected chi connectivity index (χ2v) is 4.58. The average Bonchev–Trinajstić information content (AvgIpc) is 2.97. The minimum Gasteiger partial charge on any atom is -0.454 e. The van der Waals surface area contributed by atoms with Crippen molar-refractivity contribution in [3.05, 3.63) is 36.0 Å². The van der Waals surface area contributed by atoms with Gasteiger partial charge in [-0.1, -0.05) is 6.92 Å². The summed E-state index contributed by atoms with van der Waals surface area (Å²) in [6.07, 6.45) is 1.13. The maximum atomic E-state index is 5.44. The molecule has 0 amide bonds. The molecule has 2 aromatic rings. The fourth-order valence-corrected chi connectivity index (χ4v) is 2.40. The first-order valence-electron chi connectivity index (χ1n) is 6.35. The van der Waals surface area contributed by atoms with Gasteiger partial charge in [-0.25, -0.2) is 0 Å². The Morgan fingerprint density at radius 2 is 1.94 bits per heavy atom. The molecule has 0 atom stereocenters. The lowest BCUT2D eigenvalue weighted by Gasteiger charge is -2.11. The summed E-state index contributed by atoms with van der Waals surface area (Å²) in [4.78, 5) is 0. The molecule has 3 rings (SSSR count). The highest BCUT2D eigenvalue weighted by Crippen LogP contribution is 2.36. The van der Waals surface area contributed by atoms with Crippen molar-refractivity contribution in [1.82, 2.24) is 4.57 Å². The first-order valence-corrected chi connectivity index (χ1v) is 6.35.